The Morgan fingerprint density at radius 1 is 0.931 bits per heavy atom. The molecule has 0 radical (unpaired) electrons. The van der Waals surface area contributed by atoms with Crippen LogP contribution >= 0.6 is 11.6 Å². The summed E-state index contributed by atoms with van der Waals surface area (Å²) in [5.74, 6) is -1.15. The largest absolute Gasteiger partial charge is 0.450 e. The van der Waals surface area contributed by atoms with Crippen LogP contribution in [0.1, 0.15) is 10.6 Å². The molecule has 4 rings (SSSR count). The van der Waals surface area contributed by atoms with E-state index in [2.05, 4.69) is 5.32 Å². The molecule has 0 unspecified atom stereocenters. The quantitative estimate of drug-likeness (QED) is 0.442. The number of halogens is 1. The van der Waals surface area contributed by atoms with E-state index < -0.39 is 18.5 Å². The standard InChI is InChI=1S/C23H16ClNO4/c24-17-10-11-20-16(12-17)13-21(29-20)23(27)28-14-22(26)25-19-9-5-4-8-18(19)15-6-2-1-3-7-15/h1-13H,14H2,(H,25,26). The molecule has 5 nitrogen and oxygen atoms in total. The van der Waals surface area contributed by atoms with Crippen LogP contribution in [0.15, 0.2) is 83.3 Å². The highest BCUT2D eigenvalue weighted by molar-refractivity contribution is 6.31. The highest BCUT2D eigenvalue weighted by Gasteiger charge is 2.16. The number of rotatable bonds is 5. The van der Waals surface area contributed by atoms with Crippen molar-refractivity contribution in [3.8, 4) is 11.1 Å². The number of hydrogen-bond donors (Lipinski definition) is 1. The predicted octanol–water partition coefficient (Wildman–Crippen LogP) is 5.55. The number of hydrogen-bond acceptors (Lipinski definition) is 4. The van der Waals surface area contributed by atoms with E-state index in [1.807, 2.05) is 48.5 Å². The Bertz CT molecular complexity index is 1180. The van der Waals surface area contributed by atoms with Crippen molar-refractivity contribution in [1.82, 2.24) is 0 Å². The molecule has 1 heterocycles. The Labute approximate surface area is 171 Å². The number of nitrogens with one attached hydrogen (secondary N) is 1. The lowest BCUT2D eigenvalue weighted by molar-refractivity contribution is -0.119. The Balaban J connectivity index is 1.42. The van der Waals surface area contributed by atoms with Crippen LogP contribution in [0.25, 0.3) is 22.1 Å². The molecule has 6 heteroatoms. The third-order valence-corrected chi connectivity index (χ3v) is 4.53. The summed E-state index contributed by atoms with van der Waals surface area (Å²) in [5.41, 5.74) is 3.00. The molecule has 1 N–H and O–H groups in total. The second kappa shape index (κ2) is 8.20. The minimum absolute atomic E-state index is 0.0137. The zero-order valence-corrected chi connectivity index (χ0v) is 16.0. The summed E-state index contributed by atoms with van der Waals surface area (Å²) in [4.78, 5) is 24.5. The molecule has 1 amide bonds. The minimum atomic E-state index is -0.719. The number of benzene rings is 3. The van der Waals surface area contributed by atoms with E-state index in [0.717, 1.165) is 11.1 Å². The summed E-state index contributed by atoms with van der Waals surface area (Å²) in [5, 5.41) is 4.01. The summed E-state index contributed by atoms with van der Waals surface area (Å²) in [7, 11) is 0. The second-order valence-corrected chi connectivity index (χ2v) is 6.77. The number of esters is 1. The van der Waals surface area contributed by atoms with Crippen LogP contribution in [0.3, 0.4) is 0 Å². The van der Waals surface area contributed by atoms with E-state index in [4.69, 9.17) is 20.8 Å². The number of para-hydroxylation sites is 1. The van der Waals surface area contributed by atoms with Gasteiger partial charge in [0.05, 0.1) is 0 Å². The first kappa shape index (κ1) is 18.8. The number of ether oxygens (including phenoxy) is 1. The molecule has 144 valence electrons. The Morgan fingerprint density at radius 2 is 1.69 bits per heavy atom. The highest BCUT2D eigenvalue weighted by Crippen LogP contribution is 2.27. The molecule has 0 fully saturated rings. The third-order valence-electron chi connectivity index (χ3n) is 4.30. The van der Waals surface area contributed by atoms with Gasteiger partial charge in [-0.15, -0.1) is 0 Å². The Kier molecular flexibility index (Phi) is 5.31. The van der Waals surface area contributed by atoms with Gasteiger partial charge >= 0.3 is 5.97 Å². The van der Waals surface area contributed by atoms with Gasteiger partial charge in [0.15, 0.2) is 6.61 Å². The molecule has 0 saturated heterocycles. The number of fused-ring (bicyclic) bond motifs is 1. The topological polar surface area (TPSA) is 68.5 Å². The summed E-state index contributed by atoms with van der Waals surface area (Å²) >= 11 is 5.93. The molecule has 0 aliphatic heterocycles. The monoisotopic (exact) mass is 405 g/mol. The van der Waals surface area contributed by atoms with Crippen LogP contribution < -0.4 is 5.32 Å². The van der Waals surface area contributed by atoms with Gasteiger partial charge in [-0.25, -0.2) is 4.79 Å². The first-order valence-electron chi connectivity index (χ1n) is 8.91. The van der Waals surface area contributed by atoms with Gasteiger partial charge in [-0.3, -0.25) is 4.79 Å². The molecule has 29 heavy (non-hydrogen) atoms. The molecular weight excluding hydrogens is 390 g/mol. The second-order valence-electron chi connectivity index (χ2n) is 6.33. The summed E-state index contributed by atoms with van der Waals surface area (Å²) < 4.78 is 10.5. The van der Waals surface area contributed by atoms with Crippen LogP contribution in [-0.4, -0.2) is 18.5 Å². The summed E-state index contributed by atoms with van der Waals surface area (Å²) in [6.07, 6.45) is 0. The van der Waals surface area contributed by atoms with Gasteiger partial charge in [-0.1, -0.05) is 60.1 Å². The average Bonchev–Trinajstić information content (AvgIpc) is 3.16. The fraction of sp³-hybridized carbons (Fsp3) is 0.0435. The lowest BCUT2D eigenvalue weighted by atomic mass is 10.0. The number of amides is 1. The molecular formula is C23H16ClNO4. The van der Waals surface area contributed by atoms with Crippen LogP contribution in [0, 0.1) is 0 Å². The van der Waals surface area contributed by atoms with Crippen LogP contribution in [0.5, 0.6) is 0 Å². The lowest BCUT2D eigenvalue weighted by Crippen LogP contribution is -2.21. The van der Waals surface area contributed by atoms with Gasteiger partial charge in [0.2, 0.25) is 5.76 Å². The van der Waals surface area contributed by atoms with Crippen molar-refractivity contribution in [1.29, 1.82) is 0 Å². The maximum Gasteiger partial charge on any atom is 0.374 e. The number of carbonyl (C=O) groups is 2. The zero-order chi connectivity index (χ0) is 20.2. The molecule has 0 saturated carbocycles. The van der Waals surface area contributed by atoms with E-state index in [1.165, 1.54) is 6.07 Å². The zero-order valence-electron chi connectivity index (χ0n) is 15.2. The van der Waals surface area contributed by atoms with Gasteiger partial charge in [-0.05, 0) is 35.9 Å². The van der Waals surface area contributed by atoms with Gasteiger partial charge < -0.3 is 14.5 Å². The van der Waals surface area contributed by atoms with E-state index >= 15 is 0 Å². The van der Waals surface area contributed by atoms with Crippen molar-refractivity contribution in [2.24, 2.45) is 0 Å². The number of anilines is 1. The molecule has 0 bridgehead atoms. The van der Waals surface area contributed by atoms with Gasteiger partial charge in [0, 0.05) is 21.7 Å². The predicted molar refractivity (Wildman–Crippen MR) is 112 cm³/mol. The van der Waals surface area contributed by atoms with Gasteiger partial charge in [0.1, 0.15) is 5.58 Å². The maximum atomic E-state index is 12.3. The SMILES string of the molecule is O=C(COC(=O)c1cc2cc(Cl)ccc2o1)Nc1ccccc1-c1ccccc1. The first-order valence-corrected chi connectivity index (χ1v) is 9.28. The summed E-state index contributed by atoms with van der Waals surface area (Å²) in [6, 6.07) is 23.7. The molecule has 0 atom stereocenters. The number of carbonyl (C=O) groups excluding carboxylic acids is 2. The third kappa shape index (κ3) is 4.31. The fourth-order valence-corrected chi connectivity index (χ4v) is 3.15. The van der Waals surface area contributed by atoms with Crippen molar-refractivity contribution in [2.75, 3.05) is 11.9 Å². The van der Waals surface area contributed by atoms with Crippen molar-refractivity contribution in [2.45, 2.75) is 0 Å². The molecule has 1 aromatic heterocycles. The molecule has 0 aliphatic rings. The molecule has 3 aromatic carbocycles. The highest BCUT2D eigenvalue weighted by atomic mass is 35.5. The van der Waals surface area contributed by atoms with Crippen LogP contribution in [0.2, 0.25) is 5.02 Å². The van der Waals surface area contributed by atoms with Crippen LogP contribution in [0.4, 0.5) is 5.69 Å². The Morgan fingerprint density at radius 3 is 2.52 bits per heavy atom. The van der Waals surface area contributed by atoms with Crippen molar-refractivity contribution < 1.29 is 18.7 Å². The maximum absolute atomic E-state index is 12.3. The van der Waals surface area contributed by atoms with Crippen molar-refractivity contribution in [3.05, 3.63) is 89.6 Å². The number of furan rings is 1. The smallest absolute Gasteiger partial charge is 0.374 e. The van der Waals surface area contributed by atoms with E-state index in [1.54, 1.807) is 24.3 Å². The summed E-state index contributed by atoms with van der Waals surface area (Å²) in [6.45, 7) is -0.431. The van der Waals surface area contributed by atoms with E-state index in [0.29, 0.717) is 21.7 Å². The molecule has 0 aliphatic carbocycles. The van der Waals surface area contributed by atoms with Crippen LogP contribution in [-0.2, 0) is 9.53 Å². The molecule has 4 aromatic rings. The fourth-order valence-electron chi connectivity index (χ4n) is 2.96. The normalized spacial score (nSPS) is 10.7. The van der Waals surface area contributed by atoms with E-state index in [9.17, 15) is 9.59 Å². The Hall–Kier alpha value is -3.57. The first-order chi connectivity index (χ1) is 14.1. The van der Waals surface area contributed by atoms with E-state index in [-0.39, 0.29) is 5.76 Å². The molecule has 0 spiro atoms. The average molecular weight is 406 g/mol. The van der Waals surface area contributed by atoms with Gasteiger partial charge in [0.25, 0.3) is 5.91 Å². The van der Waals surface area contributed by atoms with Crippen molar-refractivity contribution >= 4 is 40.1 Å². The van der Waals surface area contributed by atoms with Gasteiger partial charge in [-0.2, -0.15) is 0 Å². The van der Waals surface area contributed by atoms with Crippen molar-refractivity contribution in [3.63, 3.8) is 0 Å². The minimum Gasteiger partial charge on any atom is -0.450 e. The lowest BCUT2D eigenvalue weighted by Gasteiger charge is -2.11.